The van der Waals surface area contributed by atoms with E-state index in [0.29, 0.717) is 5.41 Å². The van der Waals surface area contributed by atoms with Crippen molar-refractivity contribution in [3.05, 3.63) is 0 Å². The Morgan fingerprint density at radius 1 is 1.19 bits per heavy atom. The fourth-order valence-corrected chi connectivity index (χ4v) is 6.68. The SMILES string of the molecule is CCCNCC1(C[Si](C)(C)C)CC2CC2C1. The zero-order valence-corrected chi connectivity index (χ0v) is 12.6. The van der Waals surface area contributed by atoms with Gasteiger partial charge in [0.15, 0.2) is 0 Å². The van der Waals surface area contributed by atoms with E-state index in [-0.39, 0.29) is 0 Å². The molecular formula is C14H29NSi. The topological polar surface area (TPSA) is 12.0 Å². The van der Waals surface area contributed by atoms with Crippen LogP contribution in [-0.2, 0) is 0 Å². The van der Waals surface area contributed by atoms with Crippen LogP contribution in [0.4, 0.5) is 0 Å². The van der Waals surface area contributed by atoms with Crippen molar-refractivity contribution in [2.75, 3.05) is 13.1 Å². The zero-order valence-electron chi connectivity index (χ0n) is 11.6. The van der Waals surface area contributed by atoms with Gasteiger partial charge in [-0.05, 0) is 49.5 Å². The van der Waals surface area contributed by atoms with Gasteiger partial charge >= 0.3 is 0 Å². The highest BCUT2D eigenvalue weighted by molar-refractivity contribution is 6.76. The fourth-order valence-electron chi connectivity index (χ4n) is 4.01. The summed E-state index contributed by atoms with van der Waals surface area (Å²) >= 11 is 0. The highest BCUT2D eigenvalue weighted by Crippen LogP contribution is 2.61. The lowest BCUT2D eigenvalue weighted by Gasteiger charge is -2.36. The molecule has 2 rings (SSSR count). The molecule has 94 valence electrons. The molecule has 2 fully saturated rings. The van der Waals surface area contributed by atoms with E-state index in [0.717, 1.165) is 11.8 Å². The molecule has 0 aromatic carbocycles. The molecule has 0 heterocycles. The molecule has 2 saturated carbocycles. The molecule has 0 aliphatic heterocycles. The molecule has 0 aromatic rings. The summed E-state index contributed by atoms with van der Waals surface area (Å²) in [7, 11) is -0.904. The summed E-state index contributed by atoms with van der Waals surface area (Å²) in [6.45, 7) is 12.4. The smallest absolute Gasteiger partial charge is 0.0448 e. The minimum absolute atomic E-state index is 0.702. The first-order valence-corrected chi connectivity index (χ1v) is 10.9. The molecule has 0 saturated heterocycles. The van der Waals surface area contributed by atoms with Gasteiger partial charge in [-0.2, -0.15) is 0 Å². The van der Waals surface area contributed by atoms with Gasteiger partial charge in [0.2, 0.25) is 0 Å². The van der Waals surface area contributed by atoms with E-state index in [9.17, 15) is 0 Å². The Morgan fingerprint density at radius 3 is 2.31 bits per heavy atom. The third kappa shape index (κ3) is 3.10. The van der Waals surface area contributed by atoms with E-state index in [1.54, 1.807) is 25.3 Å². The normalized spacial score (nSPS) is 37.5. The summed E-state index contributed by atoms with van der Waals surface area (Å²) in [5.41, 5.74) is 0.702. The van der Waals surface area contributed by atoms with Gasteiger partial charge < -0.3 is 5.32 Å². The molecule has 2 aliphatic rings. The first-order valence-electron chi connectivity index (χ1n) is 7.15. The van der Waals surface area contributed by atoms with Gasteiger partial charge in [-0.1, -0.05) is 32.6 Å². The van der Waals surface area contributed by atoms with Crippen molar-refractivity contribution in [2.24, 2.45) is 17.3 Å². The summed E-state index contributed by atoms with van der Waals surface area (Å²) in [6.07, 6.45) is 5.91. The van der Waals surface area contributed by atoms with Crippen LogP contribution in [0.15, 0.2) is 0 Å². The molecule has 0 amide bonds. The molecular weight excluding hydrogens is 210 g/mol. The van der Waals surface area contributed by atoms with Crippen molar-refractivity contribution in [3.63, 3.8) is 0 Å². The van der Waals surface area contributed by atoms with Crippen molar-refractivity contribution in [1.29, 1.82) is 0 Å². The highest BCUT2D eigenvalue weighted by Gasteiger charge is 2.54. The van der Waals surface area contributed by atoms with Gasteiger partial charge in [0.1, 0.15) is 0 Å². The lowest BCUT2D eigenvalue weighted by molar-refractivity contribution is 0.280. The van der Waals surface area contributed by atoms with Crippen molar-refractivity contribution in [1.82, 2.24) is 5.32 Å². The minimum Gasteiger partial charge on any atom is -0.316 e. The average Bonchev–Trinajstić information content (AvgIpc) is 2.72. The summed E-state index contributed by atoms with van der Waals surface area (Å²) in [4.78, 5) is 0. The predicted molar refractivity (Wildman–Crippen MR) is 74.6 cm³/mol. The van der Waals surface area contributed by atoms with Crippen LogP contribution in [-0.4, -0.2) is 21.2 Å². The van der Waals surface area contributed by atoms with Gasteiger partial charge in [0, 0.05) is 14.6 Å². The quantitative estimate of drug-likeness (QED) is 0.550. The van der Waals surface area contributed by atoms with E-state index >= 15 is 0 Å². The van der Waals surface area contributed by atoms with Gasteiger partial charge in [-0.15, -0.1) is 0 Å². The molecule has 1 N–H and O–H groups in total. The van der Waals surface area contributed by atoms with Gasteiger partial charge in [-0.3, -0.25) is 0 Å². The largest absolute Gasteiger partial charge is 0.316 e. The van der Waals surface area contributed by atoms with Gasteiger partial charge in [-0.25, -0.2) is 0 Å². The Hall–Kier alpha value is 0.177. The van der Waals surface area contributed by atoms with Crippen LogP contribution in [0.2, 0.25) is 25.7 Å². The van der Waals surface area contributed by atoms with Crippen LogP contribution in [0.1, 0.15) is 32.6 Å². The van der Waals surface area contributed by atoms with Crippen molar-refractivity contribution >= 4 is 8.07 Å². The van der Waals surface area contributed by atoms with Crippen molar-refractivity contribution in [2.45, 2.75) is 58.3 Å². The third-order valence-corrected chi connectivity index (χ3v) is 6.10. The molecule has 2 aliphatic carbocycles. The third-order valence-electron chi connectivity index (χ3n) is 4.29. The Labute approximate surface area is 102 Å². The van der Waals surface area contributed by atoms with Crippen LogP contribution in [0.3, 0.4) is 0 Å². The van der Waals surface area contributed by atoms with E-state index in [1.807, 2.05) is 0 Å². The highest BCUT2D eigenvalue weighted by atomic mass is 28.3. The maximum atomic E-state index is 3.70. The maximum absolute atomic E-state index is 3.70. The summed E-state index contributed by atoms with van der Waals surface area (Å²) < 4.78 is 0. The zero-order chi connectivity index (χ0) is 11.8. The summed E-state index contributed by atoms with van der Waals surface area (Å²) in [5.74, 6) is 2.25. The van der Waals surface area contributed by atoms with Crippen LogP contribution >= 0.6 is 0 Å². The Morgan fingerprint density at radius 2 is 1.81 bits per heavy atom. The lowest BCUT2D eigenvalue weighted by Crippen LogP contribution is -2.39. The standard InChI is InChI=1S/C14H29NSi/c1-5-6-15-10-14(11-16(2,3)4)8-12-7-13(12)9-14/h12-13,15H,5-11H2,1-4H3. The number of nitrogens with one attached hydrogen (secondary N) is 1. The molecule has 16 heavy (non-hydrogen) atoms. The first kappa shape index (κ1) is 12.6. The van der Waals surface area contributed by atoms with E-state index in [4.69, 9.17) is 0 Å². The molecule has 2 heteroatoms. The van der Waals surface area contributed by atoms with Gasteiger partial charge in [0.05, 0.1) is 0 Å². The van der Waals surface area contributed by atoms with Gasteiger partial charge in [0.25, 0.3) is 0 Å². The van der Waals surface area contributed by atoms with Crippen LogP contribution in [0.25, 0.3) is 0 Å². The van der Waals surface area contributed by atoms with E-state index in [1.165, 1.54) is 19.5 Å². The van der Waals surface area contributed by atoms with E-state index in [2.05, 4.69) is 31.9 Å². The molecule has 0 aromatic heterocycles. The summed E-state index contributed by atoms with van der Waals surface area (Å²) in [6, 6.07) is 1.55. The number of hydrogen-bond donors (Lipinski definition) is 1. The van der Waals surface area contributed by atoms with Crippen LogP contribution < -0.4 is 5.32 Å². The van der Waals surface area contributed by atoms with Crippen LogP contribution in [0.5, 0.6) is 0 Å². The monoisotopic (exact) mass is 239 g/mol. The van der Waals surface area contributed by atoms with E-state index < -0.39 is 8.07 Å². The number of rotatable bonds is 6. The lowest BCUT2D eigenvalue weighted by atomic mass is 9.85. The second kappa shape index (κ2) is 4.45. The molecule has 1 nitrogen and oxygen atoms in total. The minimum atomic E-state index is -0.904. The predicted octanol–water partition coefficient (Wildman–Crippen LogP) is 3.74. The molecule has 0 spiro atoms. The molecule has 2 unspecified atom stereocenters. The Bertz CT molecular complexity index is 234. The maximum Gasteiger partial charge on any atom is 0.0448 e. The Balaban J connectivity index is 1.91. The summed E-state index contributed by atoms with van der Waals surface area (Å²) in [5, 5.41) is 3.70. The fraction of sp³-hybridized carbons (Fsp3) is 1.00. The van der Waals surface area contributed by atoms with Crippen molar-refractivity contribution < 1.29 is 0 Å². The van der Waals surface area contributed by atoms with Crippen LogP contribution in [0, 0.1) is 17.3 Å². The second-order valence-electron chi connectivity index (χ2n) is 7.58. The molecule has 0 bridgehead atoms. The second-order valence-corrected chi connectivity index (χ2v) is 13.1. The number of hydrogen-bond acceptors (Lipinski definition) is 1. The molecule has 2 atom stereocenters. The Kier molecular flexibility index (Phi) is 3.51. The average molecular weight is 239 g/mol. The number of fused-ring (bicyclic) bond motifs is 1. The first-order chi connectivity index (χ1) is 7.44. The van der Waals surface area contributed by atoms with Crippen molar-refractivity contribution in [3.8, 4) is 0 Å². The molecule has 0 radical (unpaired) electrons.